The van der Waals surface area contributed by atoms with E-state index in [1.165, 1.54) is 0 Å². The number of aryl methyl sites for hydroxylation is 1. The van der Waals surface area contributed by atoms with Crippen molar-refractivity contribution in [2.75, 3.05) is 6.61 Å². The number of hydrogen-bond donors (Lipinski definition) is 1. The number of nitrogens with zero attached hydrogens (tertiary/aromatic N) is 2. The lowest BCUT2D eigenvalue weighted by atomic mass is 10.1. The lowest BCUT2D eigenvalue weighted by Gasteiger charge is -2.20. The molecule has 0 aromatic carbocycles. The van der Waals surface area contributed by atoms with Crippen LogP contribution in [-0.2, 0) is 16.1 Å². The normalized spacial score (nSPS) is 12.9. The van der Waals surface area contributed by atoms with E-state index in [9.17, 15) is 4.79 Å². The maximum absolute atomic E-state index is 11.9. The molecule has 1 unspecified atom stereocenters. The van der Waals surface area contributed by atoms with E-state index in [0.717, 1.165) is 12.4 Å². The number of rotatable bonds is 8. The van der Waals surface area contributed by atoms with Crippen molar-refractivity contribution in [3.8, 4) is 0 Å². The summed E-state index contributed by atoms with van der Waals surface area (Å²) in [5.41, 5.74) is 0. The second-order valence-corrected chi connectivity index (χ2v) is 5.55. The van der Waals surface area contributed by atoms with Crippen LogP contribution < -0.4 is 5.32 Å². The first-order valence-electron chi connectivity index (χ1n) is 7.39. The molecule has 1 heterocycles. The summed E-state index contributed by atoms with van der Waals surface area (Å²) in [5.74, 6) is 1.26. The predicted molar refractivity (Wildman–Crippen MR) is 79.6 cm³/mol. The van der Waals surface area contributed by atoms with Crippen molar-refractivity contribution >= 4 is 5.97 Å². The number of imidazole rings is 1. The van der Waals surface area contributed by atoms with E-state index in [4.69, 9.17) is 4.74 Å². The van der Waals surface area contributed by atoms with E-state index < -0.39 is 0 Å². The Balaban J connectivity index is 2.65. The summed E-state index contributed by atoms with van der Waals surface area (Å²) >= 11 is 0. The molecule has 0 fully saturated rings. The summed E-state index contributed by atoms with van der Waals surface area (Å²) in [5, 5.41) is 3.27. The minimum atomic E-state index is -0.266. The molecule has 0 bridgehead atoms. The van der Waals surface area contributed by atoms with Gasteiger partial charge in [0.2, 0.25) is 0 Å². The Morgan fingerprint density at radius 1 is 1.40 bits per heavy atom. The van der Waals surface area contributed by atoms with E-state index in [0.29, 0.717) is 18.9 Å². The summed E-state index contributed by atoms with van der Waals surface area (Å²) in [4.78, 5) is 16.3. The number of aromatic nitrogens is 2. The molecule has 0 spiro atoms. The van der Waals surface area contributed by atoms with Gasteiger partial charge in [-0.15, -0.1) is 0 Å². The van der Waals surface area contributed by atoms with Gasteiger partial charge in [-0.2, -0.15) is 0 Å². The molecular weight excluding hydrogens is 254 g/mol. The van der Waals surface area contributed by atoms with E-state index in [2.05, 4.69) is 28.7 Å². The van der Waals surface area contributed by atoms with Crippen molar-refractivity contribution in [3.63, 3.8) is 0 Å². The largest absolute Gasteiger partial charge is 0.465 e. The lowest BCUT2D eigenvalue weighted by molar-refractivity contribution is -0.146. The van der Waals surface area contributed by atoms with E-state index in [1.807, 2.05) is 33.2 Å². The topological polar surface area (TPSA) is 56.2 Å². The monoisotopic (exact) mass is 281 g/mol. The first-order chi connectivity index (χ1) is 9.45. The zero-order valence-electron chi connectivity index (χ0n) is 13.2. The van der Waals surface area contributed by atoms with Crippen molar-refractivity contribution in [3.05, 3.63) is 18.2 Å². The molecule has 0 saturated heterocycles. The van der Waals surface area contributed by atoms with Crippen LogP contribution in [0.15, 0.2) is 12.4 Å². The van der Waals surface area contributed by atoms with Crippen molar-refractivity contribution < 1.29 is 9.53 Å². The van der Waals surface area contributed by atoms with Gasteiger partial charge in [0, 0.05) is 30.9 Å². The van der Waals surface area contributed by atoms with Gasteiger partial charge in [-0.3, -0.25) is 4.79 Å². The molecule has 114 valence electrons. The van der Waals surface area contributed by atoms with Gasteiger partial charge in [-0.05, 0) is 13.3 Å². The van der Waals surface area contributed by atoms with E-state index in [-0.39, 0.29) is 18.1 Å². The van der Waals surface area contributed by atoms with Crippen LogP contribution in [0.3, 0.4) is 0 Å². The first kappa shape index (κ1) is 16.7. The molecule has 0 aliphatic heterocycles. The van der Waals surface area contributed by atoms with Gasteiger partial charge < -0.3 is 14.6 Å². The third-order valence-electron chi connectivity index (χ3n) is 3.03. The van der Waals surface area contributed by atoms with Crippen LogP contribution in [-0.4, -0.2) is 34.2 Å². The molecular formula is C15H27N3O2. The van der Waals surface area contributed by atoms with Crippen LogP contribution in [0.5, 0.6) is 0 Å². The van der Waals surface area contributed by atoms with Crippen molar-refractivity contribution in [2.45, 2.75) is 65.6 Å². The van der Waals surface area contributed by atoms with Gasteiger partial charge >= 0.3 is 5.97 Å². The average molecular weight is 281 g/mol. The zero-order valence-corrected chi connectivity index (χ0v) is 13.2. The van der Waals surface area contributed by atoms with Gasteiger partial charge in [-0.1, -0.05) is 27.7 Å². The fourth-order valence-electron chi connectivity index (χ4n) is 2.19. The van der Waals surface area contributed by atoms with Crippen LogP contribution in [0.1, 0.15) is 52.8 Å². The molecule has 1 rings (SSSR count). The number of carbonyl (C=O) groups is 1. The molecule has 1 aromatic heterocycles. The highest BCUT2D eigenvalue weighted by molar-refractivity contribution is 5.75. The number of nitrogens with one attached hydrogen (secondary N) is 1. The summed E-state index contributed by atoms with van der Waals surface area (Å²) in [7, 11) is 0. The summed E-state index contributed by atoms with van der Waals surface area (Å²) in [6.45, 7) is 11.3. The van der Waals surface area contributed by atoms with E-state index >= 15 is 0 Å². The first-order valence-corrected chi connectivity index (χ1v) is 7.39. The molecule has 5 nitrogen and oxygen atoms in total. The average Bonchev–Trinajstić information content (AvgIpc) is 2.82. The molecule has 1 aromatic rings. The molecule has 1 N–H and O–H groups in total. The smallest absolute Gasteiger partial charge is 0.323 e. The lowest BCUT2D eigenvalue weighted by Crippen LogP contribution is -2.42. The Morgan fingerprint density at radius 3 is 2.65 bits per heavy atom. The summed E-state index contributed by atoms with van der Waals surface area (Å²) in [6.07, 6.45) is 4.48. The Hall–Kier alpha value is -1.36. The van der Waals surface area contributed by atoms with Gasteiger partial charge in [0.15, 0.2) is 0 Å². The van der Waals surface area contributed by atoms with Gasteiger partial charge in [0.05, 0.1) is 6.61 Å². The molecule has 0 aliphatic carbocycles. The quantitative estimate of drug-likeness (QED) is 0.743. The molecule has 5 heteroatoms. The van der Waals surface area contributed by atoms with Crippen LogP contribution in [0.25, 0.3) is 0 Å². The van der Waals surface area contributed by atoms with E-state index in [1.54, 1.807) is 0 Å². The Labute approximate surface area is 121 Å². The number of esters is 1. The van der Waals surface area contributed by atoms with Crippen LogP contribution in [0.2, 0.25) is 0 Å². The van der Waals surface area contributed by atoms with Crippen LogP contribution in [0, 0.1) is 0 Å². The second kappa shape index (κ2) is 8.04. The SMILES string of the molecule is CCOC(=O)C(CCn1ccnc1C(C)C)NC(C)C. The molecule has 1 atom stereocenters. The minimum absolute atomic E-state index is 0.174. The van der Waals surface area contributed by atoms with Crippen molar-refractivity contribution in [1.82, 2.24) is 14.9 Å². The predicted octanol–water partition coefficient (Wildman–Crippen LogP) is 2.33. The van der Waals surface area contributed by atoms with Gasteiger partial charge in [0.1, 0.15) is 11.9 Å². The van der Waals surface area contributed by atoms with Crippen LogP contribution >= 0.6 is 0 Å². The minimum Gasteiger partial charge on any atom is -0.465 e. The van der Waals surface area contributed by atoms with Crippen LogP contribution in [0.4, 0.5) is 0 Å². The molecule has 0 radical (unpaired) electrons. The van der Waals surface area contributed by atoms with Crippen molar-refractivity contribution in [2.24, 2.45) is 0 Å². The van der Waals surface area contributed by atoms with Gasteiger partial charge in [0.25, 0.3) is 0 Å². The maximum atomic E-state index is 11.9. The van der Waals surface area contributed by atoms with Crippen molar-refractivity contribution in [1.29, 1.82) is 0 Å². The standard InChI is InChI=1S/C15H27N3O2/c1-6-20-15(19)13(17-12(4)5)7-9-18-10-8-16-14(18)11(2)3/h8,10-13,17H,6-7,9H2,1-5H3. The second-order valence-electron chi connectivity index (χ2n) is 5.55. The Morgan fingerprint density at radius 2 is 2.10 bits per heavy atom. The molecule has 0 amide bonds. The van der Waals surface area contributed by atoms with Gasteiger partial charge in [-0.25, -0.2) is 4.98 Å². The number of ether oxygens (including phenoxy) is 1. The number of hydrogen-bond acceptors (Lipinski definition) is 4. The summed E-state index contributed by atoms with van der Waals surface area (Å²) in [6, 6.07) is -0.0193. The Bertz CT molecular complexity index is 413. The third kappa shape index (κ3) is 4.96. The fraction of sp³-hybridized carbons (Fsp3) is 0.733. The number of carbonyl (C=O) groups excluding carboxylic acids is 1. The fourth-order valence-corrected chi connectivity index (χ4v) is 2.19. The molecule has 20 heavy (non-hydrogen) atoms. The zero-order chi connectivity index (χ0) is 15.1. The molecule has 0 saturated carbocycles. The third-order valence-corrected chi connectivity index (χ3v) is 3.03. The Kier molecular flexibility index (Phi) is 6.71. The highest BCUT2D eigenvalue weighted by atomic mass is 16.5. The summed E-state index contributed by atoms with van der Waals surface area (Å²) < 4.78 is 7.24. The maximum Gasteiger partial charge on any atom is 0.323 e. The highest BCUT2D eigenvalue weighted by Gasteiger charge is 2.20. The highest BCUT2D eigenvalue weighted by Crippen LogP contribution is 2.13. The molecule has 0 aliphatic rings.